The number of nitro benzene ring substituents is 1. The molecule has 4 aromatic rings. The summed E-state index contributed by atoms with van der Waals surface area (Å²) in [5.41, 5.74) is 2.05. The number of furan rings is 2. The van der Waals surface area contributed by atoms with E-state index in [4.69, 9.17) is 8.83 Å². The van der Waals surface area contributed by atoms with Gasteiger partial charge in [-0.1, -0.05) is 12.1 Å². The number of amides is 1. The Morgan fingerprint density at radius 1 is 1.15 bits per heavy atom. The monoisotopic (exact) mass is 475 g/mol. The van der Waals surface area contributed by atoms with Crippen molar-refractivity contribution in [3.05, 3.63) is 92.4 Å². The molecule has 9 heteroatoms. The Hall–Kier alpha value is -3.98. The normalized spacial score (nSPS) is 13.2. The number of aryl methyl sites for hydroxylation is 1. The molecule has 0 saturated carbocycles. The van der Waals surface area contributed by atoms with Gasteiger partial charge in [-0.15, -0.1) is 11.3 Å². The molecule has 3 aromatic heterocycles. The van der Waals surface area contributed by atoms with E-state index in [1.54, 1.807) is 48.9 Å². The second-order valence-electron chi connectivity index (χ2n) is 7.89. The van der Waals surface area contributed by atoms with Crippen molar-refractivity contribution in [2.24, 2.45) is 4.99 Å². The molecule has 5 rings (SSSR count). The van der Waals surface area contributed by atoms with E-state index in [1.807, 2.05) is 6.07 Å². The number of para-hydroxylation sites is 1. The van der Waals surface area contributed by atoms with Crippen LogP contribution < -0.4 is 5.32 Å². The maximum atomic E-state index is 13.1. The number of benzene rings is 1. The number of fused-ring (bicyclic) bond motifs is 1. The van der Waals surface area contributed by atoms with E-state index in [1.165, 1.54) is 22.3 Å². The molecule has 3 heterocycles. The summed E-state index contributed by atoms with van der Waals surface area (Å²) in [6.45, 7) is 0.303. The van der Waals surface area contributed by atoms with Crippen LogP contribution in [0.3, 0.4) is 0 Å². The molecule has 1 amide bonds. The Kier molecular flexibility index (Phi) is 6.09. The van der Waals surface area contributed by atoms with Gasteiger partial charge in [0.1, 0.15) is 22.3 Å². The zero-order valence-corrected chi connectivity index (χ0v) is 19.0. The van der Waals surface area contributed by atoms with Crippen molar-refractivity contribution in [3.8, 4) is 11.3 Å². The molecular weight excluding hydrogens is 454 g/mol. The van der Waals surface area contributed by atoms with E-state index in [0.717, 1.165) is 31.2 Å². The SMILES string of the molecule is O=C(NCc1ccco1)c1c(/N=C\c2ccc(-c3ccccc3[N+](=O)[O-])o2)sc2c1CCCC2. The number of nitrogens with zero attached hydrogens (tertiary/aromatic N) is 2. The number of carbonyl (C=O) groups excluding carboxylic acids is 1. The molecule has 1 N–H and O–H groups in total. The van der Waals surface area contributed by atoms with E-state index < -0.39 is 4.92 Å². The molecular formula is C25H21N3O5S. The molecule has 0 spiro atoms. The predicted octanol–water partition coefficient (Wildman–Crippen LogP) is 6.07. The van der Waals surface area contributed by atoms with Gasteiger partial charge >= 0.3 is 0 Å². The number of thiophene rings is 1. The van der Waals surface area contributed by atoms with Crippen LogP contribution in [0, 0.1) is 10.1 Å². The van der Waals surface area contributed by atoms with Crippen molar-refractivity contribution in [3.63, 3.8) is 0 Å². The molecule has 172 valence electrons. The molecule has 1 aromatic carbocycles. The first-order valence-corrected chi connectivity index (χ1v) is 11.7. The largest absolute Gasteiger partial charge is 0.467 e. The summed E-state index contributed by atoms with van der Waals surface area (Å²) in [5.74, 6) is 1.33. The number of hydrogen-bond acceptors (Lipinski definition) is 7. The second-order valence-corrected chi connectivity index (χ2v) is 8.97. The highest BCUT2D eigenvalue weighted by molar-refractivity contribution is 7.16. The molecule has 34 heavy (non-hydrogen) atoms. The van der Waals surface area contributed by atoms with Crippen LogP contribution in [-0.4, -0.2) is 17.0 Å². The van der Waals surface area contributed by atoms with Gasteiger partial charge in [0.05, 0.1) is 35.1 Å². The van der Waals surface area contributed by atoms with Crippen LogP contribution in [0.4, 0.5) is 10.7 Å². The fourth-order valence-electron chi connectivity index (χ4n) is 4.08. The second kappa shape index (κ2) is 9.48. The van der Waals surface area contributed by atoms with Crippen LogP contribution in [-0.2, 0) is 19.4 Å². The third-order valence-electron chi connectivity index (χ3n) is 5.69. The molecule has 1 aliphatic rings. The third-order valence-corrected chi connectivity index (χ3v) is 6.88. The molecule has 0 saturated heterocycles. The van der Waals surface area contributed by atoms with Crippen molar-refractivity contribution >= 4 is 34.1 Å². The lowest BCUT2D eigenvalue weighted by Gasteiger charge is -2.12. The van der Waals surface area contributed by atoms with Crippen LogP contribution in [0.2, 0.25) is 0 Å². The summed E-state index contributed by atoms with van der Waals surface area (Å²) in [7, 11) is 0. The molecule has 1 aliphatic carbocycles. The fraction of sp³-hybridized carbons (Fsp3) is 0.200. The number of hydrogen-bond donors (Lipinski definition) is 1. The molecule has 0 fully saturated rings. The van der Waals surface area contributed by atoms with Gasteiger partial charge in [0.25, 0.3) is 11.6 Å². The van der Waals surface area contributed by atoms with Crippen molar-refractivity contribution in [2.45, 2.75) is 32.2 Å². The lowest BCUT2D eigenvalue weighted by molar-refractivity contribution is -0.384. The average Bonchev–Trinajstić information content (AvgIpc) is 3.61. The Balaban J connectivity index is 1.41. The summed E-state index contributed by atoms with van der Waals surface area (Å²) in [6.07, 6.45) is 7.07. The first kappa shape index (κ1) is 21.8. The van der Waals surface area contributed by atoms with E-state index >= 15 is 0 Å². The van der Waals surface area contributed by atoms with Crippen molar-refractivity contribution in [2.75, 3.05) is 0 Å². The summed E-state index contributed by atoms with van der Waals surface area (Å²) < 4.78 is 11.1. The van der Waals surface area contributed by atoms with Gasteiger partial charge in [0.2, 0.25) is 0 Å². The van der Waals surface area contributed by atoms with Gasteiger partial charge in [-0.2, -0.15) is 0 Å². The standard InChI is InChI=1S/C25H21N3O5S/c29-24(26-14-16-6-5-13-32-16)23-19-8-2-4-10-22(19)34-25(23)27-15-17-11-12-21(33-17)18-7-1-3-9-20(18)28(30)31/h1,3,5-7,9,11-13,15H,2,4,8,10,14H2,(H,26,29)/b27-15-. The first-order chi connectivity index (χ1) is 16.6. The number of rotatable bonds is 7. The van der Waals surface area contributed by atoms with Crippen molar-refractivity contribution < 1.29 is 18.6 Å². The molecule has 0 radical (unpaired) electrons. The number of nitro groups is 1. The summed E-state index contributed by atoms with van der Waals surface area (Å²) in [5, 5.41) is 14.9. The molecule has 8 nitrogen and oxygen atoms in total. The summed E-state index contributed by atoms with van der Waals surface area (Å²) in [4.78, 5) is 29.8. The Bertz CT molecular complexity index is 1370. The Morgan fingerprint density at radius 3 is 2.82 bits per heavy atom. The summed E-state index contributed by atoms with van der Waals surface area (Å²) in [6, 6.07) is 13.4. The smallest absolute Gasteiger partial charge is 0.280 e. The molecule has 0 unspecified atom stereocenters. The quantitative estimate of drug-likeness (QED) is 0.198. The van der Waals surface area contributed by atoms with Crippen molar-refractivity contribution in [1.29, 1.82) is 0 Å². The van der Waals surface area contributed by atoms with Gasteiger partial charge in [0.15, 0.2) is 0 Å². The van der Waals surface area contributed by atoms with Gasteiger partial charge in [0, 0.05) is 10.9 Å². The van der Waals surface area contributed by atoms with Crippen LogP contribution in [0.25, 0.3) is 11.3 Å². The fourth-order valence-corrected chi connectivity index (χ4v) is 5.31. The zero-order chi connectivity index (χ0) is 23.5. The van der Waals surface area contributed by atoms with E-state index in [0.29, 0.717) is 40.0 Å². The number of carbonyl (C=O) groups is 1. The third kappa shape index (κ3) is 4.42. The first-order valence-electron chi connectivity index (χ1n) is 10.9. The summed E-state index contributed by atoms with van der Waals surface area (Å²) >= 11 is 1.53. The average molecular weight is 476 g/mol. The highest BCUT2D eigenvalue weighted by Crippen LogP contribution is 2.40. The topological polar surface area (TPSA) is 111 Å². The van der Waals surface area contributed by atoms with Crippen LogP contribution in [0.1, 0.15) is 45.2 Å². The minimum Gasteiger partial charge on any atom is -0.467 e. The van der Waals surface area contributed by atoms with Gasteiger partial charge in [-0.3, -0.25) is 14.9 Å². The Morgan fingerprint density at radius 2 is 2.00 bits per heavy atom. The maximum absolute atomic E-state index is 13.1. The van der Waals surface area contributed by atoms with Gasteiger partial charge in [-0.25, -0.2) is 4.99 Å². The highest BCUT2D eigenvalue weighted by Gasteiger charge is 2.25. The minimum absolute atomic E-state index is 0.0261. The van der Waals surface area contributed by atoms with Crippen LogP contribution in [0.15, 0.2) is 68.6 Å². The number of aliphatic imine (C=N–C) groups is 1. The lowest BCUT2D eigenvalue weighted by Crippen LogP contribution is -2.23. The van der Waals surface area contributed by atoms with E-state index in [9.17, 15) is 14.9 Å². The van der Waals surface area contributed by atoms with Gasteiger partial charge < -0.3 is 14.2 Å². The molecule has 0 bridgehead atoms. The minimum atomic E-state index is -0.435. The van der Waals surface area contributed by atoms with Crippen LogP contribution >= 0.6 is 11.3 Å². The number of nitrogens with one attached hydrogen (secondary N) is 1. The highest BCUT2D eigenvalue weighted by atomic mass is 32.1. The van der Waals surface area contributed by atoms with Crippen LogP contribution in [0.5, 0.6) is 0 Å². The van der Waals surface area contributed by atoms with Gasteiger partial charge in [-0.05, 0) is 61.6 Å². The van der Waals surface area contributed by atoms with E-state index in [2.05, 4.69) is 10.3 Å². The Labute approximate surface area is 199 Å². The van der Waals surface area contributed by atoms with Crippen molar-refractivity contribution in [1.82, 2.24) is 5.32 Å². The molecule has 0 atom stereocenters. The maximum Gasteiger partial charge on any atom is 0.280 e. The molecule has 0 aliphatic heterocycles. The van der Waals surface area contributed by atoms with E-state index in [-0.39, 0.29) is 11.6 Å². The lowest BCUT2D eigenvalue weighted by atomic mass is 9.95. The zero-order valence-electron chi connectivity index (χ0n) is 18.2. The predicted molar refractivity (Wildman–Crippen MR) is 129 cm³/mol.